The van der Waals surface area contributed by atoms with Crippen LogP contribution in [-0.2, 0) is 13.2 Å². The zero-order valence-corrected chi connectivity index (χ0v) is 21.5. The number of Topliss-reactive ketones (excluding diaryl/α,β-unsaturated/α-hetero) is 1. The van der Waals surface area contributed by atoms with Gasteiger partial charge in [-0.15, -0.1) is 0 Å². The van der Waals surface area contributed by atoms with E-state index in [1.54, 1.807) is 30.9 Å². The minimum absolute atomic E-state index is 0.0275. The van der Waals surface area contributed by atoms with Gasteiger partial charge in [-0.05, 0) is 56.5 Å². The van der Waals surface area contributed by atoms with Crippen LogP contribution in [0.5, 0.6) is 0 Å². The van der Waals surface area contributed by atoms with Crippen molar-refractivity contribution in [3.05, 3.63) is 57.9 Å². The fourth-order valence-electron chi connectivity index (χ4n) is 3.60. The number of alkyl halides is 3. The van der Waals surface area contributed by atoms with E-state index in [1.165, 1.54) is 12.1 Å². The van der Waals surface area contributed by atoms with Crippen molar-refractivity contribution in [3.63, 3.8) is 0 Å². The lowest BCUT2D eigenvalue weighted by molar-refractivity contribution is -0.137. The molecule has 0 aliphatic heterocycles. The number of benzene rings is 1. The Balaban J connectivity index is 2.54. The second-order valence-corrected chi connectivity index (χ2v) is 9.22. The maximum atomic E-state index is 13.4. The van der Waals surface area contributed by atoms with Crippen LogP contribution in [0.1, 0.15) is 68.6 Å². The van der Waals surface area contributed by atoms with Crippen molar-refractivity contribution in [2.24, 2.45) is 23.7 Å². The molecule has 0 saturated carbocycles. The van der Waals surface area contributed by atoms with Gasteiger partial charge in [0.15, 0.2) is 5.78 Å². The van der Waals surface area contributed by atoms with Crippen molar-refractivity contribution < 1.29 is 18.0 Å². The number of hydrogen-bond donors (Lipinski definition) is 2. The van der Waals surface area contributed by atoms with Crippen LogP contribution in [0.15, 0.2) is 41.0 Å². The average Bonchev–Trinajstić information content (AvgIpc) is 3.19. The highest BCUT2D eigenvalue weighted by Gasteiger charge is 2.34. The summed E-state index contributed by atoms with van der Waals surface area (Å²) in [5.74, 6) is 0.217. The fourth-order valence-corrected chi connectivity index (χ4v) is 3.93. The maximum absolute atomic E-state index is 13.4. The topological polar surface area (TPSA) is 85.3 Å². The van der Waals surface area contributed by atoms with Crippen LogP contribution in [0, 0.1) is 5.92 Å². The zero-order chi connectivity index (χ0) is 26.3. The molecule has 6 nitrogen and oxygen atoms in total. The summed E-state index contributed by atoms with van der Waals surface area (Å²) in [5.41, 5.74) is 6.42. The Kier molecular flexibility index (Phi) is 10.1. The molecule has 0 aliphatic carbocycles. The quantitative estimate of drug-likeness (QED) is 0.224. The van der Waals surface area contributed by atoms with E-state index in [2.05, 4.69) is 29.3 Å². The van der Waals surface area contributed by atoms with Crippen molar-refractivity contribution in [1.29, 1.82) is 0 Å². The number of amidine groups is 1. The molecule has 0 amide bonds. The van der Waals surface area contributed by atoms with Gasteiger partial charge in [-0.1, -0.05) is 37.9 Å². The van der Waals surface area contributed by atoms with Gasteiger partial charge < -0.3 is 11.1 Å². The smallest absolute Gasteiger partial charge is 0.387 e. The third kappa shape index (κ3) is 7.93. The van der Waals surface area contributed by atoms with Gasteiger partial charge in [-0.2, -0.15) is 18.3 Å². The number of aliphatic imine (C=N–C) groups is 1. The first-order chi connectivity index (χ1) is 16.3. The van der Waals surface area contributed by atoms with Gasteiger partial charge in [-0.25, -0.2) is 4.99 Å². The Morgan fingerprint density at radius 1 is 1.29 bits per heavy atom. The highest BCUT2D eigenvalue weighted by Crippen LogP contribution is 2.37. The largest absolute Gasteiger partial charge is 0.417 e. The summed E-state index contributed by atoms with van der Waals surface area (Å²) >= 11 is 6.04. The molecular formula is C25H33ClF3N5O. The molecule has 0 spiro atoms. The Labute approximate surface area is 209 Å². The lowest BCUT2D eigenvalue weighted by Gasteiger charge is -2.20. The van der Waals surface area contributed by atoms with E-state index in [1.807, 2.05) is 6.92 Å². The Morgan fingerprint density at radius 3 is 2.51 bits per heavy atom. The van der Waals surface area contributed by atoms with E-state index in [9.17, 15) is 18.0 Å². The molecule has 10 heteroatoms. The summed E-state index contributed by atoms with van der Waals surface area (Å²) in [6.45, 7) is 8.66. The highest BCUT2D eigenvalue weighted by atomic mass is 35.5. The van der Waals surface area contributed by atoms with Crippen LogP contribution >= 0.6 is 11.6 Å². The van der Waals surface area contributed by atoms with Gasteiger partial charge >= 0.3 is 6.18 Å². The number of carbonyl (C=O) groups is 1. The summed E-state index contributed by atoms with van der Waals surface area (Å²) < 4.78 is 41.7. The van der Waals surface area contributed by atoms with Gasteiger partial charge in [0.25, 0.3) is 0 Å². The fraction of sp³-hybridized carbons (Fsp3) is 0.480. The van der Waals surface area contributed by atoms with E-state index in [0.717, 1.165) is 19.0 Å². The second kappa shape index (κ2) is 12.4. The van der Waals surface area contributed by atoms with E-state index in [-0.39, 0.29) is 23.9 Å². The summed E-state index contributed by atoms with van der Waals surface area (Å²) in [4.78, 5) is 17.8. The van der Waals surface area contributed by atoms with Crippen molar-refractivity contribution in [3.8, 4) is 0 Å². The molecule has 0 aliphatic rings. The second-order valence-electron chi connectivity index (χ2n) is 8.84. The van der Waals surface area contributed by atoms with Crippen LogP contribution in [-0.4, -0.2) is 34.0 Å². The lowest BCUT2D eigenvalue weighted by atomic mass is 9.94. The molecule has 1 aromatic carbocycles. The van der Waals surface area contributed by atoms with Crippen LogP contribution in [0.3, 0.4) is 0 Å². The molecule has 0 unspecified atom stereocenters. The van der Waals surface area contributed by atoms with E-state index in [4.69, 9.17) is 17.3 Å². The Bertz CT molecular complexity index is 1090. The predicted octanol–water partition coefficient (Wildman–Crippen LogP) is 5.87. The summed E-state index contributed by atoms with van der Waals surface area (Å²) in [5, 5.41) is 7.05. The minimum atomic E-state index is -4.67. The molecule has 35 heavy (non-hydrogen) atoms. The summed E-state index contributed by atoms with van der Waals surface area (Å²) in [7, 11) is 1.74. The van der Waals surface area contributed by atoms with Gasteiger partial charge in [0.1, 0.15) is 0 Å². The van der Waals surface area contributed by atoms with Gasteiger partial charge in [0.05, 0.1) is 27.8 Å². The first-order valence-corrected chi connectivity index (χ1v) is 11.9. The summed E-state index contributed by atoms with van der Waals surface area (Å²) in [6, 6.07) is 5.08. The molecule has 2 atom stereocenters. The number of nitrogens with zero attached hydrogens (tertiary/aromatic N) is 3. The van der Waals surface area contributed by atoms with Gasteiger partial charge in [0.2, 0.25) is 0 Å². The highest BCUT2D eigenvalue weighted by molar-refractivity contribution is 6.34. The number of nitrogens with two attached hydrogens (primary N) is 1. The molecule has 0 saturated heterocycles. The Morgan fingerprint density at radius 2 is 1.97 bits per heavy atom. The number of nitrogens with one attached hydrogen (secondary N) is 1. The number of aromatic nitrogens is 2. The van der Waals surface area contributed by atoms with E-state index < -0.39 is 22.5 Å². The Hall–Kier alpha value is -2.65. The lowest BCUT2D eigenvalue weighted by Crippen LogP contribution is -2.31. The average molecular weight is 512 g/mol. The third-order valence-electron chi connectivity index (χ3n) is 5.73. The minimum Gasteiger partial charge on any atom is -0.387 e. The first-order valence-electron chi connectivity index (χ1n) is 11.5. The van der Waals surface area contributed by atoms with Crippen molar-refractivity contribution >= 4 is 28.9 Å². The molecule has 3 N–H and O–H groups in total. The first kappa shape index (κ1) is 28.6. The molecule has 2 aromatic rings. The van der Waals surface area contributed by atoms with Crippen molar-refractivity contribution in [2.75, 3.05) is 6.54 Å². The number of aryl methyl sites for hydroxylation is 1. The SMILES string of the molecule is CC[C@@H](C)CN[C@H](C)C/C(CC(=O)c1cccc(C(F)(F)F)c1Cl)=C(/N=C(C)N)c1ccnn1C. The molecule has 0 radical (unpaired) electrons. The van der Waals surface area contributed by atoms with Gasteiger partial charge in [-0.3, -0.25) is 9.48 Å². The van der Waals surface area contributed by atoms with E-state index >= 15 is 0 Å². The molecule has 1 aromatic heterocycles. The van der Waals surface area contributed by atoms with Gasteiger partial charge in [0, 0.05) is 31.3 Å². The van der Waals surface area contributed by atoms with Crippen LogP contribution in [0.4, 0.5) is 13.2 Å². The predicted molar refractivity (Wildman–Crippen MR) is 134 cm³/mol. The number of ketones is 1. The summed E-state index contributed by atoms with van der Waals surface area (Å²) in [6.07, 6.45) is -1.79. The van der Waals surface area contributed by atoms with Crippen LogP contribution < -0.4 is 11.1 Å². The van der Waals surface area contributed by atoms with Crippen molar-refractivity contribution in [2.45, 2.75) is 59.2 Å². The molecule has 0 fully saturated rings. The molecule has 2 rings (SSSR count). The standard InChI is InChI=1S/C25H33ClF3N5O/c1-6-15(2)14-31-16(3)12-18(24(33-17(4)30)21-10-11-32-34(21)5)13-22(35)19-8-7-9-20(23(19)26)25(27,28)29/h7-11,15-16,31H,6,12-14H2,1-5H3,(H2,30,33)/b24-18-/t15-,16-/m1/s1. The monoisotopic (exact) mass is 511 g/mol. The third-order valence-corrected chi connectivity index (χ3v) is 6.14. The molecular weight excluding hydrogens is 479 g/mol. The number of carbonyl (C=O) groups excluding carboxylic acids is 1. The molecule has 192 valence electrons. The van der Waals surface area contributed by atoms with E-state index in [0.29, 0.717) is 29.3 Å². The van der Waals surface area contributed by atoms with Crippen LogP contribution in [0.2, 0.25) is 5.02 Å². The number of hydrogen-bond acceptors (Lipinski definition) is 4. The normalized spacial score (nSPS) is 15.1. The zero-order valence-electron chi connectivity index (χ0n) is 20.7. The van der Waals surface area contributed by atoms with Crippen LogP contribution in [0.25, 0.3) is 5.70 Å². The number of rotatable bonds is 11. The maximum Gasteiger partial charge on any atom is 0.417 e. The number of halogens is 4. The molecule has 0 bridgehead atoms. The van der Waals surface area contributed by atoms with Crippen molar-refractivity contribution in [1.82, 2.24) is 15.1 Å². The molecule has 1 heterocycles.